The van der Waals surface area contributed by atoms with Gasteiger partial charge in [0.2, 0.25) is 5.91 Å². The summed E-state index contributed by atoms with van der Waals surface area (Å²) in [5.41, 5.74) is 1.44. The topological polar surface area (TPSA) is 83.4 Å². The van der Waals surface area contributed by atoms with Crippen LogP contribution in [0.25, 0.3) is 10.4 Å². The number of carbonyl (C=O) groups is 2. The third kappa shape index (κ3) is 4.52. The minimum absolute atomic E-state index is 0.135. The second-order valence-electron chi connectivity index (χ2n) is 7.57. The van der Waals surface area contributed by atoms with E-state index in [4.69, 9.17) is 0 Å². The van der Waals surface area contributed by atoms with E-state index < -0.39 is 6.04 Å². The van der Waals surface area contributed by atoms with Crippen LogP contribution in [0.15, 0.2) is 42.6 Å². The monoisotopic (exact) mass is 438 g/mol. The first-order valence-corrected chi connectivity index (χ1v) is 11.1. The summed E-state index contributed by atoms with van der Waals surface area (Å²) in [5.74, 6) is 0.216. The van der Waals surface area contributed by atoms with Crippen molar-refractivity contribution >= 4 is 29.0 Å². The quantitative estimate of drug-likeness (QED) is 0.662. The average molecular weight is 439 g/mol. The minimum Gasteiger partial charge on any atom is -0.334 e. The molecule has 0 spiro atoms. The molecule has 2 amide bonds. The van der Waals surface area contributed by atoms with Crippen LogP contribution in [0.5, 0.6) is 0 Å². The highest BCUT2D eigenvalue weighted by atomic mass is 32.1. The predicted molar refractivity (Wildman–Crippen MR) is 121 cm³/mol. The second-order valence-corrected chi connectivity index (χ2v) is 8.77. The number of anilines is 1. The molecule has 1 saturated heterocycles. The Kier molecular flexibility index (Phi) is 6.15. The molecular formula is C22H26N6O2S. The number of thiazole rings is 1. The van der Waals surface area contributed by atoms with Gasteiger partial charge in [0.25, 0.3) is 5.91 Å². The number of piperazine rings is 1. The van der Waals surface area contributed by atoms with Crippen molar-refractivity contribution in [2.75, 3.05) is 32.0 Å². The van der Waals surface area contributed by atoms with Crippen LogP contribution >= 0.6 is 11.3 Å². The molecule has 2 aromatic heterocycles. The fraction of sp³-hybridized carbons (Fsp3) is 0.364. The Morgan fingerprint density at radius 1 is 1.19 bits per heavy atom. The van der Waals surface area contributed by atoms with E-state index in [0.717, 1.165) is 22.0 Å². The van der Waals surface area contributed by atoms with Crippen molar-refractivity contribution in [2.45, 2.75) is 26.4 Å². The highest BCUT2D eigenvalue weighted by Crippen LogP contribution is 2.31. The predicted octanol–water partition coefficient (Wildman–Crippen LogP) is 2.73. The lowest BCUT2D eigenvalue weighted by atomic mass is 10.1. The van der Waals surface area contributed by atoms with Gasteiger partial charge >= 0.3 is 0 Å². The van der Waals surface area contributed by atoms with Crippen molar-refractivity contribution in [3.8, 4) is 10.4 Å². The molecule has 1 aromatic carbocycles. The Morgan fingerprint density at radius 2 is 1.97 bits per heavy atom. The molecule has 1 N–H and O–H groups in total. The normalized spacial score (nSPS) is 17.0. The van der Waals surface area contributed by atoms with Gasteiger partial charge in [-0.25, -0.2) is 4.98 Å². The van der Waals surface area contributed by atoms with Crippen LogP contribution in [0.4, 0.5) is 5.82 Å². The minimum atomic E-state index is -0.454. The van der Waals surface area contributed by atoms with Crippen LogP contribution in [0.3, 0.4) is 0 Å². The van der Waals surface area contributed by atoms with Crippen LogP contribution in [0.2, 0.25) is 0 Å². The van der Waals surface area contributed by atoms with Gasteiger partial charge in [-0.3, -0.25) is 19.2 Å². The molecule has 162 valence electrons. The third-order valence-corrected chi connectivity index (χ3v) is 6.45. The number of rotatable bonds is 5. The van der Waals surface area contributed by atoms with Crippen LogP contribution in [0, 0.1) is 6.92 Å². The van der Waals surface area contributed by atoms with E-state index >= 15 is 0 Å². The molecule has 9 heteroatoms. The summed E-state index contributed by atoms with van der Waals surface area (Å²) < 4.78 is 1.76. The zero-order chi connectivity index (χ0) is 22.0. The maximum atomic E-state index is 13.4. The average Bonchev–Trinajstić information content (AvgIpc) is 3.40. The SMILES string of the molecule is CCn1ccc(NC(=O)C2CN(C(=O)c3nc(C)sc3-c3ccccc3)CCN2C)n1. The van der Waals surface area contributed by atoms with Gasteiger partial charge < -0.3 is 10.2 Å². The molecule has 0 aliphatic carbocycles. The van der Waals surface area contributed by atoms with Gasteiger partial charge in [0.05, 0.1) is 9.88 Å². The Hall–Kier alpha value is -3.04. The number of aryl methyl sites for hydroxylation is 2. The van der Waals surface area contributed by atoms with Gasteiger partial charge in [-0.15, -0.1) is 11.3 Å². The number of benzene rings is 1. The van der Waals surface area contributed by atoms with E-state index in [1.165, 1.54) is 11.3 Å². The zero-order valence-corrected chi connectivity index (χ0v) is 18.7. The maximum absolute atomic E-state index is 13.4. The fourth-order valence-electron chi connectivity index (χ4n) is 3.66. The molecule has 1 unspecified atom stereocenters. The van der Waals surface area contributed by atoms with Crippen LogP contribution in [-0.2, 0) is 11.3 Å². The maximum Gasteiger partial charge on any atom is 0.274 e. The summed E-state index contributed by atoms with van der Waals surface area (Å²) >= 11 is 1.51. The third-order valence-electron chi connectivity index (χ3n) is 5.43. The summed E-state index contributed by atoms with van der Waals surface area (Å²) in [6, 6.07) is 11.1. The molecular weight excluding hydrogens is 412 g/mol. The fourth-order valence-corrected chi connectivity index (χ4v) is 4.58. The van der Waals surface area contributed by atoms with Crippen LogP contribution < -0.4 is 5.32 Å². The van der Waals surface area contributed by atoms with Gasteiger partial charge in [0, 0.05) is 38.4 Å². The molecule has 1 aliphatic rings. The van der Waals surface area contributed by atoms with Crippen molar-refractivity contribution in [3.63, 3.8) is 0 Å². The number of nitrogens with one attached hydrogen (secondary N) is 1. The van der Waals surface area contributed by atoms with E-state index in [1.807, 2.05) is 62.3 Å². The highest BCUT2D eigenvalue weighted by Gasteiger charge is 2.34. The van der Waals surface area contributed by atoms with E-state index in [1.54, 1.807) is 15.6 Å². The Morgan fingerprint density at radius 3 is 2.68 bits per heavy atom. The smallest absolute Gasteiger partial charge is 0.274 e. The van der Waals surface area contributed by atoms with Crippen molar-refractivity contribution in [3.05, 3.63) is 53.3 Å². The second kappa shape index (κ2) is 8.99. The number of amides is 2. The molecule has 3 heterocycles. The lowest BCUT2D eigenvalue weighted by Crippen LogP contribution is -2.57. The highest BCUT2D eigenvalue weighted by molar-refractivity contribution is 7.15. The van der Waals surface area contributed by atoms with Crippen LogP contribution in [-0.4, -0.2) is 69.1 Å². The van der Waals surface area contributed by atoms with Crippen molar-refractivity contribution in [2.24, 2.45) is 0 Å². The molecule has 0 bridgehead atoms. The van der Waals surface area contributed by atoms with Gasteiger partial charge in [-0.1, -0.05) is 30.3 Å². The zero-order valence-electron chi connectivity index (χ0n) is 17.9. The molecule has 0 radical (unpaired) electrons. The molecule has 31 heavy (non-hydrogen) atoms. The van der Waals surface area contributed by atoms with Crippen molar-refractivity contribution in [1.82, 2.24) is 24.6 Å². The summed E-state index contributed by atoms with van der Waals surface area (Å²) in [5, 5.41) is 8.03. The first-order chi connectivity index (χ1) is 15.0. The van der Waals surface area contributed by atoms with E-state index in [2.05, 4.69) is 15.4 Å². The Bertz CT molecular complexity index is 1080. The summed E-state index contributed by atoms with van der Waals surface area (Å²) in [7, 11) is 1.90. The van der Waals surface area contributed by atoms with Gasteiger partial charge in [-0.2, -0.15) is 5.10 Å². The molecule has 8 nitrogen and oxygen atoms in total. The first-order valence-electron chi connectivity index (χ1n) is 10.3. The van der Waals surface area contributed by atoms with E-state index in [9.17, 15) is 9.59 Å². The summed E-state index contributed by atoms with van der Waals surface area (Å²) in [4.78, 5) is 35.4. The first kappa shape index (κ1) is 21.2. The summed E-state index contributed by atoms with van der Waals surface area (Å²) in [6.45, 7) is 6.09. The molecule has 3 aromatic rings. The standard InChI is InChI=1S/C22H26N6O2S/c1-4-28-11-10-18(25-28)24-21(29)17-14-27(13-12-26(17)3)22(30)19-20(31-15(2)23-19)16-8-6-5-7-9-16/h5-11,17H,4,12-14H2,1-3H3,(H,24,25,29). The number of likely N-dealkylation sites (N-methyl/N-ethyl adjacent to an activating group) is 1. The molecule has 1 fully saturated rings. The van der Waals surface area contributed by atoms with Crippen molar-refractivity contribution < 1.29 is 9.59 Å². The Labute approximate surface area is 185 Å². The molecule has 1 atom stereocenters. The number of hydrogen-bond acceptors (Lipinski definition) is 6. The Balaban J connectivity index is 1.52. The van der Waals surface area contributed by atoms with E-state index in [0.29, 0.717) is 31.1 Å². The van der Waals surface area contributed by atoms with Gasteiger partial charge in [0.15, 0.2) is 5.82 Å². The van der Waals surface area contributed by atoms with Crippen molar-refractivity contribution in [1.29, 1.82) is 0 Å². The molecule has 4 rings (SSSR count). The largest absolute Gasteiger partial charge is 0.334 e. The van der Waals surface area contributed by atoms with Gasteiger partial charge in [0.1, 0.15) is 11.7 Å². The number of nitrogens with zero attached hydrogens (tertiary/aromatic N) is 5. The molecule has 0 saturated carbocycles. The van der Waals surface area contributed by atoms with Crippen LogP contribution in [0.1, 0.15) is 22.4 Å². The summed E-state index contributed by atoms with van der Waals surface area (Å²) in [6.07, 6.45) is 1.83. The number of carbonyl (C=O) groups excluding carboxylic acids is 2. The lowest BCUT2D eigenvalue weighted by molar-refractivity contribution is -0.122. The van der Waals surface area contributed by atoms with Gasteiger partial charge in [-0.05, 0) is 26.5 Å². The lowest BCUT2D eigenvalue weighted by Gasteiger charge is -2.38. The number of hydrogen-bond donors (Lipinski definition) is 1. The number of aromatic nitrogens is 3. The molecule has 1 aliphatic heterocycles. The van der Waals surface area contributed by atoms with E-state index in [-0.39, 0.29) is 11.8 Å².